The third kappa shape index (κ3) is 4.76. The maximum absolute atomic E-state index is 13.1. The van der Waals surface area contributed by atoms with Crippen molar-refractivity contribution in [3.05, 3.63) is 94.7 Å². The van der Waals surface area contributed by atoms with Crippen LogP contribution in [-0.2, 0) is 16.1 Å². The van der Waals surface area contributed by atoms with Crippen molar-refractivity contribution in [3.63, 3.8) is 0 Å². The lowest BCUT2D eigenvalue weighted by Gasteiger charge is -2.23. The molecule has 9 heteroatoms. The van der Waals surface area contributed by atoms with E-state index in [4.69, 9.17) is 4.74 Å². The second kappa shape index (κ2) is 9.91. The second-order valence-electron chi connectivity index (χ2n) is 8.66. The van der Waals surface area contributed by atoms with Crippen LogP contribution in [0.2, 0.25) is 0 Å². The predicted molar refractivity (Wildman–Crippen MR) is 135 cm³/mol. The van der Waals surface area contributed by atoms with E-state index in [1.807, 2.05) is 42.5 Å². The molecule has 4 aromatic rings. The Morgan fingerprint density at radius 3 is 2.69 bits per heavy atom. The van der Waals surface area contributed by atoms with Crippen LogP contribution < -0.4 is 5.32 Å². The van der Waals surface area contributed by atoms with E-state index in [1.54, 1.807) is 30.5 Å². The molecule has 182 valence electrons. The minimum atomic E-state index is -0.630. The van der Waals surface area contributed by atoms with Crippen molar-refractivity contribution in [2.45, 2.75) is 25.5 Å². The lowest BCUT2D eigenvalue weighted by atomic mass is 10.0. The van der Waals surface area contributed by atoms with Gasteiger partial charge in [-0.2, -0.15) is 0 Å². The molecular weight excluding hydrogens is 460 g/mol. The highest BCUT2D eigenvalue weighted by Crippen LogP contribution is 2.32. The molecule has 1 atom stereocenters. The number of H-pyrrole nitrogens is 1. The summed E-state index contributed by atoms with van der Waals surface area (Å²) in [5.41, 5.74) is 3.26. The molecule has 9 nitrogen and oxygen atoms in total. The van der Waals surface area contributed by atoms with Crippen LogP contribution in [0.4, 0.5) is 16.2 Å². The average molecular weight is 485 g/mol. The average Bonchev–Trinajstić information content (AvgIpc) is 3.57. The SMILES string of the molecule is O=C(Nc1cccc(-c2cc([N+](=O)[O-])c3[nH]ccc3c2)c1)C1CCCN1C(=O)OCc1ccccc1. The number of ether oxygens (including phenoxy) is 1. The van der Waals surface area contributed by atoms with E-state index >= 15 is 0 Å². The molecule has 1 fully saturated rings. The number of nitro groups is 1. The molecule has 2 heterocycles. The molecule has 5 rings (SSSR count). The number of aromatic amines is 1. The third-order valence-electron chi connectivity index (χ3n) is 6.29. The van der Waals surface area contributed by atoms with Gasteiger partial charge in [0.15, 0.2) is 0 Å². The fourth-order valence-corrected chi connectivity index (χ4v) is 4.52. The van der Waals surface area contributed by atoms with E-state index in [0.29, 0.717) is 36.2 Å². The van der Waals surface area contributed by atoms with Gasteiger partial charge in [0.25, 0.3) is 5.69 Å². The number of fused-ring (bicyclic) bond motifs is 1. The number of anilines is 1. The van der Waals surface area contributed by atoms with Gasteiger partial charge in [-0.3, -0.25) is 19.8 Å². The Morgan fingerprint density at radius 2 is 1.89 bits per heavy atom. The van der Waals surface area contributed by atoms with Gasteiger partial charge >= 0.3 is 6.09 Å². The van der Waals surface area contributed by atoms with Crippen LogP contribution in [0.25, 0.3) is 22.0 Å². The summed E-state index contributed by atoms with van der Waals surface area (Å²) in [4.78, 5) is 41.3. The summed E-state index contributed by atoms with van der Waals surface area (Å²) in [5.74, 6) is -0.298. The molecular formula is C27H24N4O5. The molecule has 1 aliphatic heterocycles. The first kappa shape index (κ1) is 23.1. The first-order valence-corrected chi connectivity index (χ1v) is 11.6. The number of rotatable bonds is 6. The monoisotopic (exact) mass is 484 g/mol. The predicted octanol–water partition coefficient (Wildman–Crippen LogP) is 5.48. The van der Waals surface area contributed by atoms with Crippen molar-refractivity contribution >= 4 is 34.3 Å². The molecule has 0 aliphatic carbocycles. The number of likely N-dealkylation sites (tertiary alicyclic amines) is 1. The Hall–Kier alpha value is -4.66. The summed E-state index contributed by atoms with van der Waals surface area (Å²) in [6, 6.07) is 21.0. The molecule has 0 saturated carbocycles. The molecule has 0 spiro atoms. The minimum absolute atomic E-state index is 0.0162. The molecule has 1 aromatic heterocycles. The van der Waals surface area contributed by atoms with E-state index in [9.17, 15) is 19.7 Å². The number of non-ortho nitro benzene ring substituents is 1. The second-order valence-corrected chi connectivity index (χ2v) is 8.66. The lowest BCUT2D eigenvalue weighted by Crippen LogP contribution is -2.43. The Bertz CT molecular complexity index is 1430. The van der Waals surface area contributed by atoms with Crippen LogP contribution in [0, 0.1) is 10.1 Å². The summed E-state index contributed by atoms with van der Waals surface area (Å²) >= 11 is 0. The van der Waals surface area contributed by atoms with Crippen LogP contribution in [0.1, 0.15) is 18.4 Å². The number of hydrogen-bond donors (Lipinski definition) is 2. The normalized spacial score (nSPS) is 15.1. The first-order chi connectivity index (χ1) is 17.5. The highest BCUT2D eigenvalue weighted by Gasteiger charge is 2.35. The Morgan fingerprint density at radius 1 is 1.06 bits per heavy atom. The highest BCUT2D eigenvalue weighted by atomic mass is 16.6. The zero-order chi connectivity index (χ0) is 25.1. The smallest absolute Gasteiger partial charge is 0.410 e. The number of nitrogens with zero attached hydrogens (tertiary/aromatic N) is 2. The van der Waals surface area contributed by atoms with Crippen molar-refractivity contribution in [2.75, 3.05) is 11.9 Å². The fraction of sp³-hybridized carbons (Fsp3) is 0.185. The molecule has 2 N–H and O–H groups in total. The standard InChI is InChI=1S/C27H24N4O5/c32-26(23-10-5-13-30(23)27(33)36-17-18-6-2-1-3-7-18)29-22-9-4-8-19(15-22)21-14-20-11-12-28-25(20)24(16-21)31(34)35/h1-4,6-9,11-12,14-16,23,28H,5,10,13,17H2,(H,29,32). The maximum atomic E-state index is 13.1. The first-order valence-electron chi connectivity index (χ1n) is 11.6. The van der Waals surface area contributed by atoms with Crippen LogP contribution in [0.15, 0.2) is 79.0 Å². The summed E-state index contributed by atoms with van der Waals surface area (Å²) in [6.07, 6.45) is 2.40. The van der Waals surface area contributed by atoms with Gasteiger partial charge in [-0.25, -0.2) is 4.79 Å². The van der Waals surface area contributed by atoms with Gasteiger partial charge in [-0.05, 0) is 53.8 Å². The van der Waals surface area contributed by atoms with E-state index in [1.165, 1.54) is 11.0 Å². The zero-order valence-electron chi connectivity index (χ0n) is 19.3. The summed E-state index contributed by atoms with van der Waals surface area (Å²) in [5, 5.41) is 15.2. The van der Waals surface area contributed by atoms with Crippen molar-refractivity contribution < 1.29 is 19.2 Å². The molecule has 0 radical (unpaired) electrons. The van der Waals surface area contributed by atoms with Gasteiger partial charge in [0.05, 0.1) is 4.92 Å². The van der Waals surface area contributed by atoms with Gasteiger partial charge < -0.3 is 15.0 Å². The van der Waals surface area contributed by atoms with E-state index in [2.05, 4.69) is 10.3 Å². The van der Waals surface area contributed by atoms with Crippen molar-refractivity contribution in [2.24, 2.45) is 0 Å². The van der Waals surface area contributed by atoms with Gasteiger partial charge in [0.1, 0.15) is 18.2 Å². The molecule has 1 unspecified atom stereocenters. The topological polar surface area (TPSA) is 118 Å². The summed E-state index contributed by atoms with van der Waals surface area (Å²) in [6.45, 7) is 0.594. The lowest BCUT2D eigenvalue weighted by molar-refractivity contribution is -0.383. The minimum Gasteiger partial charge on any atom is -0.445 e. The van der Waals surface area contributed by atoms with Crippen LogP contribution in [0.5, 0.6) is 0 Å². The molecule has 3 aromatic carbocycles. The van der Waals surface area contributed by atoms with E-state index in [0.717, 1.165) is 16.5 Å². The van der Waals surface area contributed by atoms with Crippen LogP contribution in [-0.4, -0.2) is 39.4 Å². The number of nitrogens with one attached hydrogen (secondary N) is 2. The fourth-order valence-electron chi connectivity index (χ4n) is 4.52. The Kier molecular flexibility index (Phi) is 6.36. The van der Waals surface area contributed by atoms with Crippen LogP contribution >= 0.6 is 0 Å². The molecule has 36 heavy (non-hydrogen) atoms. The molecule has 0 bridgehead atoms. The van der Waals surface area contributed by atoms with Gasteiger partial charge in [0.2, 0.25) is 5.91 Å². The zero-order valence-corrected chi connectivity index (χ0v) is 19.3. The molecule has 2 amide bonds. The maximum Gasteiger partial charge on any atom is 0.410 e. The van der Waals surface area contributed by atoms with E-state index < -0.39 is 17.1 Å². The summed E-state index contributed by atoms with van der Waals surface area (Å²) in [7, 11) is 0. The van der Waals surface area contributed by atoms with Crippen molar-refractivity contribution in [3.8, 4) is 11.1 Å². The quantitative estimate of drug-likeness (QED) is 0.277. The Balaban J connectivity index is 1.30. The Labute approximate surface area is 206 Å². The molecule has 1 aliphatic rings. The van der Waals surface area contributed by atoms with Gasteiger partial charge in [0, 0.05) is 29.9 Å². The number of nitro benzene ring substituents is 1. The number of aromatic nitrogens is 1. The van der Waals surface area contributed by atoms with Gasteiger partial charge in [-0.1, -0.05) is 42.5 Å². The third-order valence-corrected chi connectivity index (χ3v) is 6.29. The van der Waals surface area contributed by atoms with Crippen molar-refractivity contribution in [1.29, 1.82) is 0 Å². The largest absolute Gasteiger partial charge is 0.445 e. The highest BCUT2D eigenvalue weighted by molar-refractivity contribution is 5.98. The number of amides is 2. The number of benzene rings is 3. The van der Waals surface area contributed by atoms with Crippen LogP contribution in [0.3, 0.4) is 0 Å². The van der Waals surface area contributed by atoms with E-state index in [-0.39, 0.29) is 18.2 Å². The van der Waals surface area contributed by atoms with Crippen molar-refractivity contribution in [1.82, 2.24) is 9.88 Å². The number of carbonyl (C=O) groups excluding carboxylic acids is 2. The number of carbonyl (C=O) groups is 2. The molecule has 1 saturated heterocycles. The number of hydrogen-bond acceptors (Lipinski definition) is 5. The van der Waals surface area contributed by atoms with Gasteiger partial charge in [-0.15, -0.1) is 0 Å². The summed E-state index contributed by atoms with van der Waals surface area (Å²) < 4.78 is 5.43.